The van der Waals surface area contributed by atoms with Gasteiger partial charge in [0.05, 0.1) is 13.2 Å². The van der Waals surface area contributed by atoms with Gasteiger partial charge in [0.1, 0.15) is 17.5 Å². The van der Waals surface area contributed by atoms with Crippen LogP contribution in [0, 0.1) is 5.92 Å². The smallest absolute Gasteiger partial charge is 0.320 e. The zero-order valence-electron chi connectivity index (χ0n) is 41.2. The predicted molar refractivity (Wildman–Crippen MR) is 262 cm³/mol. The van der Waals surface area contributed by atoms with Crippen molar-refractivity contribution >= 4 is 29.3 Å². The summed E-state index contributed by atoms with van der Waals surface area (Å²) in [4.78, 5) is 65.0. The highest BCUT2D eigenvalue weighted by molar-refractivity contribution is 5.94. The Kier molecular flexibility index (Phi) is 37.4. The molecule has 0 bridgehead atoms. The number of nitrogens with one attached hydrogen (secondary N) is 2. The maximum Gasteiger partial charge on any atom is 0.320 e. The third-order valence-electron chi connectivity index (χ3n) is 12.3. The number of hydrogen-bond donors (Lipinski definition) is 2. The van der Waals surface area contributed by atoms with Gasteiger partial charge in [0.2, 0.25) is 0 Å². The van der Waals surface area contributed by atoms with Crippen LogP contribution >= 0.6 is 0 Å². The molecule has 0 heterocycles. The predicted octanol–water partition coefficient (Wildman–Crippen LogP) is 12.2. The molecule has 0 aromatic heterocycles. The molecule has 0 aliphatic heterocycles. The van der Waals surface area contributed by atoms with Crippen LogP contribution in [0.15, 0.2) is 9.59 Å². The summed E-state index contributed by atoms with van der Waals surface area (Å²) in [5, 5.41) is 5.99. The number of hydrogen-bond acceptors (Lipinski definition) is 11. The Balaban J connectivity index is 2.57. The number of ether oxygens (including phenoxy) is 3. The largest absolute Gasteiger partial charge is 0.465 e. The molecule has 0 atom stereocenters. The maximum atomic E-state index is 12.9. The second kappa shape index (κ2) is 40.6. The summed E-state index contributed by atoms with van der Waals surface area (Å²) in [6.45, 7) is 12.8. The molecule has 63 heavy (non-hydrogen) atoms. The molecule has 1 rings (SSSR count). The Bertz CT molecular complexity index is 1310. The lowest BCUT2D eigenvalue weighted by atomic mass is 10.0. The Morgan fingerprint density at radius 1 is 0.492 bits per heavy atom. The van der Waals surface area contributed by atoms with Gasteiger partial charge in [0, 0.05) is 20.0 Å². The summed E-state index contributed by atoms with van der Waals surface area (Å²) < 4.78 is 17.0. The summed E-state index contributed by atoms with van der Waals surface area (Å²) >= 11 is 0. The summed E-state index contributed by atoms with van der Waals surface area (Å²) in [5.74, 6) is -1.80. The number of carbonyl (C=O) groups is 3. The van der Waals surface area contributed by atoms with Crippen molar-refractivity contribution in [2.45, 2.75) is 239 Å². The van der Waals surface area contributed by atoms with E-state index in [0.29, 0.717) is 44.0 Å². The van der Waals surface area contributed by atoms with Gasteiger partial charge in [0.15, 0.2) is 5.92 Å². The molecule has 366 valence electrons. The number of carbonyl (C=O) groups excluding carboxylic acids is 3. The fourth-order valence-corrected chi connectivity index (χ4v) is 8.22. The van der Waals surface area contributed by atoms with Crippen molar-refractivity contribution in [3.8, 4) is 0 Å². The standard InChI is InChI=1S/C52H95N3O8/c1-6-10-14-16-19-25-34-44(35-26-20-17-15-11-7-2)63-46(56)37-28-21-18-23-29-39-55(41-33-38-54-48-47(53-5)49(57)50(48)58)40-30-24-22-27-36-45(51(59)61-42-31-12-8-3)52(60)62-43-32-13-9-4/h44-45,53-54H,6-43H2,1-5H3. The highest BCUT2D eigenvalue weighted by Crippen LogP contribution is 2.20. The van der Waals surface area contributed by atoms with Crippen molar-refractivity contribution in [2.75, 3.05) is 57.1 Å². The third-order valence-corrected chi connectivity index (χ3v) is 12.3. The molecule has 2 N–H and O–H groups in total. The number of rotatable bonds is 46. The average molecular weight is 890 g/mol. The molecule has 0 fully saturated rings. The minimum atomic E-state index is -0.860. The highest BCUT2D eigenvalue weighted by atomic mass is 16.6. The normalized spacial score (nSPS) is 11.6. The van der Waals surface area contributed by atoms with Gasteiger partial charge in [-0.3, -0.25) is 24.0 Å². The molecule has 0 unspecified atom stereocenters. The Labute approximate surface area is 384 Å². The van der Waals surface area contributed by atoms with E-state index in [1.54, 1.807) is 7.05 Å². The van der Waals surface area contributed by atoms with E-state index in [2.05, 4.69) is 43.2 Å². The van der Waals surface area contributed by atoms with E-state index in [0.717, 1.165) is 148 Å². The third kappa shape index (κ3) is 29.3. The van der Waals surface area contributed by atoms with E-state index in [-0.39, 0.29) is 12.1 Å². The summed E-state index contributed by atoms with van der Waals surface area (Å²) in [6.07, 6.45) is 33.4. The fourth-order valence-electron chi connectivity index (χ4n) is 8.22. The first-order valence-corrected chi connectivity index (χ1v) is 26.2. The van der Waals surface area contributed by atoms with E-state index in [4.69, 9.17) is 14.2 Å². The Morgan fingerprint density at radius 2 is 0.905 bits per heavy atom. The van der Waals surface area contributed by atoms with Crippen LogP contribution in [0.25, 0.3) is 0 Å². The molecule has 11 nitrogen and oxygen atoms in total. The molecule has 0 aliphatic carbocycles. The van der Waals surface area contributed by atoms with Crippen molar-refractivity contribution in [3.63, 3.8) is 0 Å². The lowest BCUT2D eigenvalue weighted by Crippen LogP contribution is -2.37. The lowest BCUT2D eigenvalue weighted by molar-refractivity contribution is -0.162. The first-order valence-electron chi connectivity index (χ1n) is 26.2. The summed E-state index contributed by atoms with van der Waals surface area (Å²) in [5.41, 5.74) is -0.170. The lowest BCUT2D eigenvalue weighted by Gasteiger charge is -2.23. The minimum absolute atomic E-state index is 0.0254. The second-order valence-electron chi connectivity index (χ2n) is 18.0. The molecular weight excluding hydrogens is 795 g/mol. The minimum Gasteiger partial charge on any atom is -0.465 e. The van der Waals surface area contributed by atoms with Crippen LogP contribution in [0.2, 0.25) is 0 Å². The van der Waals surface area contributed by atoms with Crippen molar-refractivity contribution in [3.05, 3.63) is 20.4 Å². The SMILES string of the molecule is CCCCCCCCC(CCCCCCCC)OC(=O)CCCCCCCN(CCCCCCC(C(=O)OCCCCC)C(=O)OCCCCC)CCCNc1c(NC)c(=O)c1=O. The molecule has 0 spiro atoms. The Hall–Kier alpha value is -2.95. The van der Waals surface area contributed by atoms with Gasteiger partial charge in [-0.15, -0.1) is 0 Å². The van der Waals surface area contributed by atoms with Gasteiger partial charge in [-0.1, -0.05) is 156 Å². The van der Waals surface area contributed by atoms with Gasteiger partial charge in [-0.2, -0.15) is 0 Å². The van der Waals surface area contributed by atoms with E-state index in [1.807, 2.05) is 0 Å². The van der Waals surface area contributed by atoms with Crippen molar-refractivity contribution in [1.82, 2.24) is 4.90 Å². The topological polar surface area (TPSA) is 140 Å². The van der Waals surface area contributed by atoms with Gasteiger partial charge in [0.25, 0.3) is 10.9 Å². The molecule has 1 aromatic rings. The molecular formula is C52H95N3O8. The first-order chi connectivity index (χ1) is 30.7. The van der Waals surface area contributed by atoms with E-state index < -0.39 is 28.7 Å². The quantitative estimate of drug-likeness (QED) is 0.0212. The van der Waals surface area contributed by atoms with Crippen LogP contribution in [0.1, 0.15) is 233 Å². The second-order valence-corrected chi connectivity index (χ2v) is 18.0. The fraction of sp³-hybridized carbons (Fsp3) is 0.865. The van der Waals surface area contributed by atoms with Crippen molar-refractivity contribution in [1.29, 1.82) is 0 Å². The van der Waals surface area contributed by atoms with Crippen LogP contribution < -0.4 is 21.5 Å². The summed E-state index contributed by atoms with van der Waals surface area (Å²) in [7, 11) is 1.65. The molecule has 1 aromatic carbocycles. The van der Waals surface area contributed by atoms with Crippen LogP contribution in [-0.2, 0) is 28.6 Å². The number of unbranched alkanes of at least 4 members (excludes halogenated alkanes) is 21. The van der Waals surface area contributed by atoms with Crippen LogP contribution in [0.3, 0.4) is 0 Å². The number of esters is 3. The molecule has 0 saturated heterocycles. The van der Waals surface area contributed by atoms with Gasteiger partial charge < -0.3 is 29.7 Å². The molecule has 0 aliphatic rings. The van der Waals surface area contributed by atoms with Crippen molar-refractivity contribution in [2.24, 2.45) is 5.92 Å². The van der Waals surface area contributed by atoms with Crippen molar-refractivity contribution < 1.29 is 28.6 Å². The monoisotopic (exact) mass is 890 g/mol. The van der Waals surface area contributed by atoms with E-state index >= 15 is 0 Å². The average Bonchev–Trinajstić information content (AvgIpc) is 3.28. The van der Waals surface area contributed by atoms with Gasteiger partial charge in [-0.25, -0.2) is 0 Å². The number of nitrogens with zero attached hydrogens (tertiary/aromatic N) is 1. The van der Waals surface area contributed by atoms with Gasteiger partial charge in [-0.05, 0) is 90.3 Å². The summed E-state index contributed by atoms with van der Waals surface area (Å²) in [6, 6.07) is 0. The Morgan fingerprint density at radius 3 is 1.41 bits per heavy atom. The zero-order valence-corrected chi connectivity index (χ0v) is 41.2. The van der Waals surface area contributed by atoms with E-state index in [9.17, 15) is 24.0 Å². The highest BCUT2D eigenvalue weighted by Gasteiger charge is 2.29. The van der Waals surface area contributed by atoms with Crippen LogP contribution in [-0.4, -0.2) is 75.4 Å². The van der Waals surface area contributed by atoms with Gasteiger partial charge >= 0.3 is 17.9 Å². The molecule has 0 amide bonds. The maximum absolute atomic E-state index is 12.9. The molecule has 0 saturated carbocycles. The van der Waals surface area contributed by atoms with Crippen LogP contribution in [0.5, 0.6) is 0 Å². The molecule has 11 heteroatoms. The van der Waals surface area contributed by atoms with Crippen LogP contribution in [0.4, 0.5) is 11.4 Å². The first kappa shape index (κ1) is 58.1. The zero-order chi connectivity index (χ0) is 46.2. The van der Waals surface area contributed by atoms with E-state index in [1.165, 1.54) is 64.2 Å². The molecule has 0 radical (unpaired) electrons. The number of anilines is 2.